The fourth-order valence-electron chi connectivity index (χ4n) is 2.37. The van der Waals surface area contributed by atoms with E-state index in [1.54, 1.807) is 0 Å². The molecule has 0 aromatic heterocycles. The molecule has 1 amide bonds. The number of hydrogen-bond donors (Lipinski definition) is 1. The molecule has 0 spiro atoms. The van der Waals surface area contributed by atoms with Crippen LogP contribution in [0.25, 0.3) is 0 Å². The third-order valence-corrected chi connectivity index (χ3v) is 5.62. The second-order valence-corrected chi connectivity index (χ2v) is 7.29. The lowest BCUT2D eigenvalue weighted by molar-refractivity contribution is -0.124. The van der Waals surface area contributed by atoms with Gasteiger partial charge in [-0.1, -0.05) is 11.6 Å². The van der Waals surface area contributed by atoms with E-state index in [1.165, 1.54) is 24.3 Å². The summed E-state index contributed by atoms with van der Waals surface area (Å²) < 4.78 is 26.5. The van der Waals surface area contributed by atoms with Crippen LogP contribution in [-0.2, 0) is 14.8 Å². The first-order valence-electron chi connectivity index (χ1n) is 6.89. The molecule has 0 radical (unpaired) electrons. The van der Waals surface area contributed by atoms with Crippen LogP contribution in [0.1, 0.15) is 19.3 Å². The predicted octanol–water partition coefficient (Wildman–Crippen LogP) is 1.52. The highest BCUT2D eigenvalue weighted by Crippen LogP contribution is 2.23. The van der Waals surface area contributed by atoms with Crippen LogP contribution in [0.5, 0.6) is 0 Å². The van der Waals surface area contributed by atoms with Gasteiger partial charge in [0.15, 0.2) is 0 Å². The molecule has 0 unspecified atom stereocenters. The summed E-state index contributed by atoms with van der Waals surface area (Å²) >= 11 is 5.77. The van der Waals surface area contributed by atoms with E-state index in [4.69, 9.17) is 16.9 Å². The Hall–Kier alpha value is -1.62. The minimum atomic E-state index is -3.94. The van der Waals surface area contributed by atoms with E-state index in [9.17, 15) is 13.2 Å². The Morgan fingerprint density at radius 2 is 2.00 bits per heavy atom. The molecule has 1 atom stereocenters. The minimum Gasteiger partial charge on any atom is -0.355 e. The molecule has 0 saturated carbocycles. The summed E-state index contributed by atoms with van der Waals surface area (Å²) in [5, 5.41) is 12.1. The van der Waals surface area contributed by atoms with Gasteiger partial charge >= 0.3 is 0 Å². The van der Waals surface area contributed by atoms with Crippen molar-refractivity contribution in [2.24, 2.45) is 0 Å². The lowest BCUT2D eigenvalue weighted by atomic mass is 10.1. The maximum atomic E-state index is 12.7. The van der Waals surface area contributed by atoms with Crippen molar-refractivity contribution in [1.29, 1.82) is 5.26 Å². The van der Waals surface area contributed by atoms with Crippen LogP contribution in [0.4, 0.5) is 0 Å². The third-order valence-electron chi connectivity index (χ3n) is 3.50. The van der Waals surface area contributed by atoms with Gasteiger partial charge in [0.2, 0.25) is 15.9 Å². The number of carbonyl (C=O) groups is 1. The van der Waals surface area contributed by atoms with Crippen LogP contribution in [0.3, 0.4) is 0 Å². The lowest BCUT2D eigenvalue weighted by Crippen LogP contribution is -2.48. The summed E-state index contributed by atoms with van der Waals surface area (Å²) in [5.74, 6) is -0.356. The maximum Gasteiger partial charge on any atom is 0.244 e. The van der Waals surface area contributed by atoms with Crippen LogP contribution in [0.15, 0.2) is 29.2 Å². The van der Waals surface area contributed by atoms with E-state index in [0.717, 1.165) is 17.1 Å². The highest BCUT2D eigenvalue weighted by molar-refractivity contribution is 7.89. The van der Waals surface area contributed by atoms with Crippen molar-refractivity contribution in [3.63, 3.8) is 0 Å². The van der Waals surface area contributed by atoms with Gasteiger partial charge in [-0.3, -0.25) is 4.79 Å². The molecule has 22 heavy (non-hydrogen) atoms. The van der Waals surface area contributed by atoms with Crippen molar-refractivity contribution in [2.75, 3.05) is 13.1 Å². The largest absolute Gasteiger partial charge is 0.355 e. The number of hydrogen-bond acceptors (Lipinski definition) is 4. The van der Waals surface area contributed by atoms with Gasteiger partial charge in [0, 0.05) is 11.6 Å². The van der Waals surface area contributed by atoms with Gasteiger partial charge in [-0.15, -0.1) is 0 Å². The summed E-state index contributed by atoms with van der Waals surface area (Å²) in [6.45, 7) is 0.153. The quantitative estimate of drug-likeness (QED) is 0.841. The van der Waals surface area contributed by atoms with E-state index in [-0.39, 0.29) is 17.3 Å². The monoisotopic (exact) mass is 341 g/mol. The Morgan fingerprint density at radius 1 is 1.32 bits per heavy atom. The zero-order chi connectivity index (χ0) is 16.2. The van der Waals surface area contributed by atoms with Gasteiger partial charge in [0.25, 0.3) is 0 Å². The molecule has 1 aliphatic rings. The van der Waals surface area contributed by atoms with E-state index >= 15 is 0 Å². The second-order valence-electron chi connectivity index (χ2n) is 4.96. The summed E-state index contributed by atoms with van der Waals surface area (Å²) in [6.07, 6.45) is 1.92. The van der Waals surface area contributed by atoms with E-state index in [1.807, 2.05) is 6.07 Å². The van der Waals surface area contributed by atoms with Crippen molar-refractivity contribution in [3.05, 3.63) is 29.3 Å². The summed E-state index contributed by atoms with van der Waals surface area (Å²) in [5.41, 5.74) is 0. The number of nitrogens with one attached hydrogen (secondary N) is 1. The number of rotatable bonds is 4. The van der Waals surface area contributed by atoms with E-state index in [0.29, 0.717) is 18.0 Å². The number of sulfonamides is 1. The number of carbonyl (C=O) groups excluding carboxylic acids is 1. The summed E-state index contributed by atoms with van der Waals surface area (Å²) in [4.78, 5) is 12.1. The van der Waals surface area contributed by atoms with Gasteiger partial charge in [-0.05, 0) is 43.5 Å². The third kappa shape index (κ3) is 3.58. The number of nitriles is 1. The molecule has 1 fully saturated rings. The van der Waals surface area contributed by atoms with Crippen molar-refractivity contribution in [1.82, 2.24) is 9.62 Å². The van der Waals surface area contributed by atoms with Gasteiger partial charge in [-0.25, -0.2) is 8.42 Å². The molecule has 1 aromatic rings. The van der Waals surface area contributed by atoms with E-state index in [2.05, 4.69) is 5.32 Å². The van der Waals surface area contributed by atoms with E-state index < -0.39 is 16.1 Å². The Labute approximate surface area is 134 Å². The first-order chi connectivity index (χ1) is 10.5. The molecule has 1 N–H and O–H groups in total. The Kier molecular flexibility index (Phi) is 5.40. The smallest absolute Gasteiger partial charge is 0.244 e. The molecule has 2 rings (SSSR count). The molecule has 1 heterocycles. The Morgan fingerprint density at radius 3 is 2.64 bits per heavy atom. The zero-order valence-corrected chi connectivity index (χ0v) is 13.4. The average Bonchev–Trinajstić information content (AvgIpc) is 2.70. The highest BCUT2D eigenvalue weighted by Gasteiger charge is 2.36. The topological polar surface area (TPSA) is 90.3 Å². The number of halogens is 1. The van der Waals surface area contributed by atoms with Crippen LogP contribution in [0, 0.1) is 11.3 Å². The molecular weight excluding hydrogens is 326 g/mol. The lowest BCUT2D eigenvalue weighted by Gasteiger charge is -2.26. The standard InChI is InChI=1S/C14H16ClN3O3S/c15-11-4-6-12(7-5-11)22(20,21)18(10-8-16)13-3-1-2-9-17-14(13)19/h4-7,13H,1-3,9-10H2,(H,17,19)/t13-/m1/s1. The molecule has 8 heteroatoms. The fraction of sp³-hybridized carbons (Fsp3) is 0.429. The van der Waals surface area contributed by atoms with Crippen molar-refractivity contribution in [3.8, 4) is 6.07 Å². The molecule has 0 aliphatic carbocycles. The van der Waals surface area contributed by atoms with Crippen LogP contribution in [-0.4, -0.2) is 37.8 Å². The average molecular weight is 342 g/mol. The predicted molar refractivity (Wildman–Crippen MR) is 81.6 cm³/mol. The molecule has 1 saturated heterocycles. The van der Waals surface area contributed by atoms with Gasteiger partial charge in [-0.2, -0.15) is 9.57 Å². The second kappa shape index (κ2) is 7.09. The van der Waals surface area contributed by atoms with Gasteiger partial charge < -0.3 is 5.32 Å². The first-order valence-corrected chi connectivity index (χ1v) is 8.70. The molecular formula is C14H16ClN3O3S. The zero-order valence-electron chi connectivity index (χ0n) is 11.8. The molecule has 118 valence electrons. The highest BCUT2D eigenvalue weighted by atomic mass is 35.5. The number of amides is 1. The minimum absolute atomic E-state index is 0.0178. The summed E-state index contributed by atoms with van der Waals surface area (Å²) in [6, 6.07) is 6.65. The van der Waals surface area contributed by atoms with Crippen molar-refractivity contribution < 1.29 is 13.2 Å². The Balaban J connectivity index is 2.39. The molecule has 0 bridgehead atoms. The first kappa shape index (κ1) is 16.7. The molecule has 1 aliphatic heterocycles. The van der Waals surface area contributed by atoms with Crippen molar-refractivity contribution in [2.45, 2.75) is 30.2 Å². The molecule has 6 nitrogen and oxygen atoms in total. The fourth-order valence-corrected chi connectivity index (χ4v) is 4.01. The van der Waals surface area contributed by atoms with Crippen LogP contribution < -0.4 is 5.32 Å². The SMILES string of the molecule is N#CCN([C@@H]1CCCCNC1=O)S(=O)(=O)c1ccc(Cl)cc1. The summed E-state index contributed by atoms with van der Waals surface area (Å²) in [7, 11) is -3.94. The molecule has 1 aromatic carbocycles. The number of benzene rings is 1. The Bertz CT molecular complexity index is 682. The van der Waals surface area contributed by atoms with Gasteiger partial charge in [0.05, 0.1) is 11.0 Å². The van der Waals surface area contributed by atoms with Gasteiger partial charge in [0.1, 0.15) is 12.6 Å². The normalized spacial score (nSPS) is 19.3. The van der Waals surface area contributed by atoms with Crippen LogP contribution >= 0.6 is 11.6 Å². The van der Waals surface area contributed by atoms with Crippen molar-refractivity contribution >= 4 is 27.5 Å². The maximum absolute atomic E-state index is 12.7. The van der Waals surface area contributed by atoms with Crippen LogP contribution in [0.2, 0.25) is 5.02 Å². The number of nitrogens with zero attached hydrogens (tertiary/aromatic N) is 2.